The summed E-state index contributed by atoms with van der Waals surface area (Å²) in [6.45, 7) is 16.8. The van der Waals surface area contributed by atoms with E-state index >= 15 is 0 Å². The molecule has 0 aliphatic carbocycles. The van der Waals surface area contributed by atoms with Crippen LogP contribution in [0.15, 0.2) is 41.4 Å². The first-order valence-corrected chi connectivity index (χ1v) is 15.2. The molecule has 0 bridgehead atoms. The molecule has 0 spiro atoms. The molecule has 2 aliphatic heterocycles. The first-order chi connectivity index (χ1) is 18.2. The average Bonchev–Trinajstić information content (AvgIpc) is 3.14. The van der Waals surface area contributed by atoms with Crippen LogP contribution in [0.4, 0.5) is 11.6 Å². The maximum atomic E-state index is 13.5. The largest absolute Gasteiger partial charge is 0.384 e. The topological polar surface area (TPSA) is 122 Å². The number of hydrogen-bond acceptors (Lipinski definition) is 8. The normalized spacial score (nSPS) is 20.1. The van der Waals surface area contributed by atoms with E-state index in [1.54, 1.807) is 6.07 Å². The lowest BCUT2D eigenvalue weighted by Crippen LogP contribution is -2.41. The molecule has 39 heavy (non-hydrogen) atoms. The minimum absolute atomic E-state index is 0.0574. The molecule has 0 radical (unpaired) electrons. The summed E-state index contributed by atoms with van der Waals surface area (Å²) in [6, 6.07) is 7.81. The Morgan fingerprint density at radius 3 is 2.59 bits per heavy atom. The fourth-order valence-electron chi connectivity index (χ4n) is 5.62. The highest BCUT2D eigenvalue weighted by molar-refractivity contribution is 7.90. The highest BCUT2D eigenvalue weighted by Crippen LogP contribution is 2.38. The smallest absolute Gasteiger partial charge is 0.281 e. The van der Waals surface area contributed by atoms with Gasteiger partial charge in [0.05, 0.1) is 11.3 Å². The molecular formula is C29H42N6O3S. The lowest BCUT2D eigenvalue weighted by molar-refractivity contribution is 0.0981. The van der Waals surface area contributed by atoms with E-state index in [9.17, 15) is 13.2 Å². The molecule has 2 aliphatic rings. The Kier molecular flexibility index (Phi) is 8.10. The molecule has 4 heterocycles. The molecule has 10 heteroatoms. The third kappa shape index (κ3) is 6.61. The summed E-state index contributed by atoms with van der Waals surface area (Å²) in [5, 5.41) is -0.306. The van der Waals surface area contributed by atoms with Crippen LogP contribution in [0.25, 0.3) is 5.57 Å². The number of aromatic nitrogens is 2. The van der Waals surface area contributed by atoms with Gasteiger partial charge >= 0.3 is 0 Å². The molecular weight excluding hydrogens is 512 g/mol. The number of amides is 1. The Hall–Kier alpha value is -2.98. The van der Waals surface area contributed by atoms with Crippen molar-refractivity contribution in [3.05, 3.63) is 47.7 Å². The van der Waals surface area contributed by atoms with E-state index in [1.165, 1.54) is 18.2 Å². The van der Waals surface area contributed by atoms with Crippen molar-refractivity contribution >= 4 is 33.1 Å². The quantitative estimate of drug-likeness (QED) is 0.495. The van der Waals surface area contributed by atoms with Crippen molar-refractivity contribution in [3.63, 3.8) is 0 Å². The average molecular weight is 555 g/mol. The summed E-state index contributed by atoms with van der Waals surface area (Å²) in [6.07, 6.45) is 5.21. The molecule has 0 saturated carbocycles. The van der Waals surface area contributed by atoms with E-state index in [0.29, 0.717) is 11.7 Å². The van der Waals surface area contributed by atoms with Gasteiger partial charge in [-0.2, -0.15) is 8.42 Å². The maximum Gasteiger partial charge on any atom is 0.281 e. The third-order valence-corrected chi connectivity index (χ3v) is 9.10. The van der Waals surface area contributed by atoms with Crippen LogP contribution in [-0.2, 0) is 10.0 Å². The zero-order chi connectivity index (χ0) is 28.6. The van der Waals surface area contributed by atoms with Crippen molar-refractivity contribution in [2.45, 2.75) is 71.4 Å². The second-order valence-electron chi connectivity index (χ2n) is 12.4. The lowest BCUT2D eigenvalue weighted by atomic mass is 9.89. The van der Waals surface area contributed by atoms with Crippen LogP contribution < -0.4 is 15.4 Å². The van der Waals surface area contributed by atoms with Crippen molar-refractivity contribution in [2.24, 2.45) is 11.3 Å². The van der Waals surface area contributed by atoms with Gasteiger partial charge in [0.2, 0.25) is 0 Å². The van der Waals surface area contributed by atoms with Gasteiger partial charge in [0.1, 0.15) is 11.6 Å². The number of carbonyl (C=O) groups is 1. The summed E-state index contributed by atoms with van der Waals surface area (Å²) in [7, 11) is -4.22. The van der Waals surface area contributed by atoms with Gasteiger partial charge < -0.3 is 10.6 Å². The highest BCUT2D eigenvalue weighted by atomic mass is 32.2. The number of pyridine rings is 2. The molecule has 1 saturated heterocycles. The molecule has 4 rings (SSSR count). The molecule has 2 aromatic rings. The predicted molar refractivity (Wildman–Crippen MR) is 156 cm³/mol. The van der Waals surface area contributed by atoms with Gasteiger partial charge in [0.15, 0.2) is 5.03 Å². The molecule has 3 N–H and O–H groups in total. The number of hydrogen-bond donors (Lipinski definition) is 2. The standard InChI is InChI=1S/C29H42N6O3S/c1-7-28(3,4)19-34-15-9-10-21(18-34)23-14-13-22(26(31-23)35-17-20(2)16-29(35,5)6)27(36)33-39(37,38)25-12-8-11-24(30)32-25/h8,10-14,20H,7,9,15-19H2,1-6H3,(H2,30,32)(H,33,36)/t20-/m0/s1. The van der Waals surface area contributed by atoms with Crippen LogP contribution in [0, 0.1) is 11.3 Å². The van der Waals surface area contributed by atoms with Crippen molar-refractivity contribution in [1.29, 1.82) is 0 Å². The Morgan fingerprint density at radius 2 is 1.95 bits per heavy atom. The molecule has 0 aromatic carbocycles. The van der Waals surface area contributed by atoms with Crippen molar-refractivity contribution in [3.8, 4) is 0 Å². The summed E-state index contributed by atoms with van der Waals surface area (Å²) in [4.78, 5) is 27.0. The number of nitrogens with one attached hydrogen (secondary N) is 1. The predicted octanol–water partition coefficient (Wildman–Crippen LogP) is 4.33. The van der Waals surface area contributed by atoms with Gasteiger partial charge in [-0.3, -0.25) is 9.69 Å². The highest BCUT2D eigenvalue weighted by Gasteiger charge is 2.39. The first kappa shape index (κ1) is 29.0. The van der Waals surface area contributed by atoms with Crippen LogP contribution in [0.3, 0.4) is 0 Å². The Bertz CT molecular complexity index is 1370. The number of anilines is 2. The van der Waals surface area contributed by atoms with E-state index in [4.69, 9.17) is 10.7 Å². The minimum Gasteiger partial charge on any atom is -0.384 e. The molecule has 2 aromatic heterocycles. The van der Waals surface area contributed by atoms with Crippen LogP contribution in [0.5, 0.6) is 0 Å². The van der Waals surface area contributed by atoms with Crippen molar-refractivity contribution < 1.29 is 13.2 Å². The minimum atomic E-state index is -4.22. The zero-order valence-electron chi connectivity index (χ0n) is 24.0. The number of nitrogens with zero attached hydrogens (tertiary/aromatic N) is 4. The number of sulfonamides is 1. The SMILES string of the molecule is CCC(C)(C)CN1CCC=C(c2ccc(C(=O)NS(=O)(=O)c3cccc(N)n3)c(N3C[C@@H](C)CC3(C)C)n2)C1. The summed E-state index contributed by atoms with van der Waals surface area (Å²) in [5.74, 6) is 0.221. The van der Waals surface area contributed by atoms with E-state index in [1.807, 2.05) is 6.07 Å². The first-order valence-electron chi connectivity index (χ1n) is 13.7. The van der Waals surface area contributed by atoms with Gasteiger partial charge in [-0.05, 0) is 74.3 Å². The molecule has 1 atom stereocenters. The monoisotopic (exact) mass is 554 g/mol. The van der Waals surface area contributed by atoms with Gasteiger partial charge in [-0.15, -0.1) is 0 Å². The van der Waals surface area contributed by atoms with E-state index < -0.39 is 15.9 Å². The number of carbonyl (C=O) groups excluding carboxylic acids is 1. The van der Waals surface area contributed by atoms with E-state index in [2.05, 4.69) is 67.1 Å². The summed E-state index contributed by atoms with van der Waals surface area (Å²) >= 11 is 0. The zero-order valence-corrected chi connectivity index (χ0v) is 24.8. The van der Waals surface area contributed by atoms with Gasteiger partial charge in [-0.1, -0.05) is 39.8 Å². The number of nitrogen functional groups attached to an aromatic ring is 1. The van der Waals surface area contributed by atoms with Gasteiger partial charge in [0.25, 0.3) is 15.9 Å². The van der Waals surface area contributed by atoms with Crippen LogP contribution in [0.2, 0.25) is 0 Å². The lowest BCUT2D eigenvalue weighted by Gasteiger charge is -2.35. The number of rotatable bonds is 8. The van der Waals surface area contributed by atoms with Crippen LogP contribution in [0.1, 0.15) is 76.9 Å². The van der Waals surface area contributed by atoms with E-state index in [0.717, 1.165) is 56.7 Å². The molecule has 1 fully saturated rings. The van der Waals surface area contributed by atoms with Gasteiger partial charge in [0, 0.05) is 31.7 Å². The fraction of sp³-hybridized carbons (Fsp3) is 0.552. The summed E-state index contributed by atoms with van der Waals surface area (Å²) in [5.41, 5.74) is 7.81. The van der Waals surface area contributed by atoms with Crippen molar-refractivity contribution in [2.75, 3.05) is 36.8 Å². The van der Waals surface area contributed by atoms with Crippen LogP contribution >= 0.6 is 0 Å². The van der Waals surface area contributed by atoms with Crippen LogP contribution in [-0.4, -0.2) is 60.9 Å². The Balaban J connectivity index is 1.69. The second-order valence-corrected chi connectivity index (χ2v) is 14.0. The fourth-order valence-corrected chi connectivity index (χ4v) is 6.56. The summed E-state index contributed by atoms with van der Waals surface area (Å²) < 4.78 is 28.1. The molecule has 1 amide bonds. The molecule has 212 valence electrons. The van der Waals surface area contributed by atoms with Gasteiger partial charge in [-0.25, -0.2) is 14.7 Å². The van der Waals surface area contributed by atoms with E-state index in [-0.39, 0.29) is 27.4 Å². The molecule has 0 unspecified atom stereocenters. The van der Waals surface area contributed by atoms with Crippen molar-refractivity contribution in [1.82, 2.24) is 19.6 Å². The third-order valence-electron chi connectivity index (χ3n) is 7.86. The second kappa shape index (κ2) is 10.9. The Morgan fingerprint density at radius 1 is 1.21 bits per heavy atom. The molecule has 9 nitrogen and oxygen atoms in total. The number of nitrogens with two attached hydrogens (primary N) is 1. The Labute approximate surface area is 232 Å². The maximum absolute atomic E-state index is 13.5.